The Kier molecular flexibility index (Phi) is 7.28. The van der Waals surface area contributed by atoms with Gasteiger partial charge in [0.2, 0.25) is 5.91 Å². The minimum absolute atomic E-state index is 0.0643. The third kappa shape index (κ3) is 5.61. The number of carbonyl (C=O) groups excluding carboxylic acids is 1. The number of hydrogen-bond acceptors (Lipinski definition) is 6. The fraction of sp³-hybridized carbons (Fsp3) is 0.409. The monoisotopic (exact) mass is 393 g/mol. The number of pyridine rings is 1. The fourth-order valence-corrected chi connectivity index (χ4v) is 3.20. The van der Waals surface area contributed by atoms with Crippen LogP contribution >= 0.6 is 0 Å². The fourth-order valence-electron chi connectivity index (χ4n) is 3.20. The lowest BCUT2D eigenvalue weighted by Crippen LogP contribution is -2.50. The Morgan fingerprint density at radius 1 is 1.21 bits per heavy atom. The summed E-state index contributed by atoms with van der Waals surface area (Å²) in [6.07, 6.45) is 3.84. The van der Waals surface area contributed by atoms with Crippen molar-refractivity contribution in [1.82, 2.24) is 9.88 Å². The zero-order valence-corrected chi connectivity index (χ0v) is 16.8. The van der Waals surface area contributed by atoms with Crippen molar-refractivity contribution in [3.8, 4) is 11.8 Å². The molecule has 0 atom stereocenters. The lowest BCUT2D eigenvalue weighted by Gasteiger charge is -2.35. The zero-order valence-electron chi connectivity index (χ0n) is 16.8. The number of aromatic nitrogens is 1. The number of unbranched alkanes of at least 4 members (excludes halogenated alkanes) is 1. The van der Waals surface area contributed by atoms with Gasteiger partial charge in [0, 0.05) is 38.1 Å². The molecule has 2 aromatic rings. The van der Waals surface area contributed by atoms with Gasteiger partial charge in [-0.1, -0.05) is 13.3 Å². The van der Waals surface area contributed by atoms with Crippen LogP contribution in [0.5, 0.6) is 5.75 Å². The molecule has 29 heavy (non-hydrogen) atoms. The van der Waals surface area contributed by atoms with Gasteiger partial charge in [-0.25, -0.2) is 4.98 Å². The molecule has 7 nitrogen and oxygen atoms in total. The first-order valence-electron chi connectivity index (χ1n) is 10.1. The first-order valence-corrected chi connectivity index (χ1v) is 10.1. The van der Waals surface area contributed by atoms with Crippen molar-refractivity contribution in [3.63, 3.8) is 0 Å². The van der Waals surface area contributed by atoms with Gasteiger partial charge in [0.15, 0.2) is 0 Å². The van der Waals surface area contributed by atoms with Gasteiger partial charge in [-0.05, 0) is 42.8 Å². The predicted octanol–water partition coefficient (Wildman–Crippen LogP) is 2.89. The minimum atomic E-state index is 0.0643. The Balaban J connectivity index is 1.45. The highest BCUT2D eigenvalue weighted by Gasteiger charge is 2.23. The number of benzene rings is 1. The normalized spacial score (nSPS) is 13.7. The number of piperazine rings is 1. The van der Waals surface area contributed by atoms with Gasteiger partial charge in [-0.3, -0.25) is 4.79 Å². The molecule has 7 heteroatoms. The van der Waals surface area contributed by atoms with E-state index in [1.54, 1.807) is 18.3 Å². The summed E-state index contributed by atoms with van der Waals surface area (Å²) in [4.78, 5) is 20.8. The van der Waals surface area contributed by atoms with Crippen LogP contribution in [0.15, 0.2) is 42.6 Å². The van der Waals surface area contributed by atoms with E-state index in [9.17, 15) is 10.1 Å². The Hall–Kier alpha value is -3.27. The number of nitrogens with one attached hydrogen (secondary N) is 1. The number of nitriles is 1. The van der Waals surface area contributed by atoms with E-state index in [2.05, 4.69) is 28.2 Å². The van der Waals surface area contributed by atoms with E-state index < -0.39 is 0 Å². The van der Waals surface area contributed by atoms with Crippen molar-refractivity contribution in [3.05, 3.63) is 48.2 Å². The van der Waals surface area contributed by atoms with Gasteiger partial charge >= 0.3 is 0 Å². The van der Waals surface area contributed by atoms with Gasteiger partial charge in [-0.2, -0.15) is 5.26 Å². The SMILES string of the molecule is CCCCOc1ccc(NCC(=O)N2CCN(c3ncccc3C#N)CC2)cc1. The number of nitrogens with zero attached hydrogens (tertiary/aromatic N) is 4. The zero-order chi connectivity index (χ0) is 20.5. The van der Waals surface area contributed by atoms with Crippen LogP contribution in [0.25, 0.3) is 0 Å². The molecule has 2 heterocycles. The number of ether oxygens (including phenoxy) is 1. The first kappa shape index (κ1) is 20.5. The minimum Gasteiger partial charge on any atom is -0.494 e. The highest BCUT2D eigenvalue weighted by atomic mass is 16.5. The molecule has 152 valence electrons. The van der Waals surface area contributed by atoms with Crippen LogP contribution in [-0.2, 0) is 4.79 Å². The molecule has 1 aliphatic rings. The van der Waals surface area contributed by atoms with Crippen LogP contribution in [0.3, 0.4) is 0 Å². The maximum absolute atomic E-state index is 12.5. The lowest BCUT2D eigenvalue weighted by atomic mass is 10.2. The molecule has 0 aliphatic carbocycles. The van der Waals surface area contributed by atoms with Crippen molar-refractivity contribution in [1.29, 1.82) is 5.26 Å². The van der Waals surface area contributed by atoms with Crippen LogP contribution in [0.1, 0.15) is 25.3 Å². The van der Waals surface area contributed by atoms with E-state index in [0.29, 0.717) is 37.6 Å². The molecule has 3 rings (SSSR count). The van der Waals surface area contributed by atoms with Crippen LogP contribution in [0, 0.1) is 11.3 Å². The highest BCUT2D eigenvalue weighted by Crippen LogP contribution is 2.19. The standard InChI is InChI=1S/C22H27N5O2/c1-2-3-15-29-20-8-6-19(7-9-20)25-17-21(28)26-11-13-27(14-12-26)22-18(16-23)5-4-10-24-22/h4-10,25H,2-3,11-15,17H2,1H3. The second-order valence-electron chi connectivity index (χ2n) is 6.93. The van der Waals surface area contributed by atoms with Crippen LogP contribution in [-0.4, -0.2) is 55.1 Å². The molecular formula is C22H27N5O2. The number of rotatable bonds is 8. The number of amides is 1. The van der Waals surface area contributed by atoms with E-state index in [-0.39, 0.29) is 12.5 Å². The summed E-state index contributed by atoms with van der Waals surface area (Å²) in [5.41, 5.74) is 1.46. The van der Waals surface area contributed by atoms with Crippen LogP contribution in [0.4, 0.5) is 11.5 Å². The molecule has 1 fully saturated rings. The third-order valence-corrected chi connectivity index (χ3v) is 4.90. The summed E-state index contributed by atoms with van der Waals surface area (Å²) in [6, 6.07) is 13.4. The maximum Gasteiger partial charge on any atom is 0.241 e. The molecule has 0 radical (unpaired) electrons. The molecule has 1 N–H and O–H groups in total. The average molecular weight is 393 g/mol. The molecular weight excluding hydrogens is 366 g/mol. The first-order chi connectivity index (χ1) is 14.2. The molecule has 0 saturated carbocycles. The molecule has 1 aromatic carbocycles. The quantitative estimate of drug-likeness (QED) is 0.695. The van der Waals surface area contributed by atoms with Crippen molar-refractivity contribution in [2.45, 2.75) is 19.8 Å². The number of carbonyl (C=O) groups is 1. The van der Waals surface area contributed by atoms with E-state index >= 15 is 0 Å². The Morgan fingerprint density at radius 2 is 1.97 bits per heavy atom. The highest BCUT2D eigenvalue weighted by molar-refractivity contribution is 5.81. The van der Waals surface area contributed by atoms with Gasteiger partial charge in [0.05, 0.1) is 18.7 Å². The second kappa shape index (κ2) is 10.3. The number of hydrogen-bond donors (Lipinski definition) is 1. The van der Waals surface area contributed by atoms with Crippen LogP contribution < -0.4 is 15.0 Å². The molecule has 0 spiro atoms. The van der Waals surface area contributed by atoms with E-state index in [1.165, 1.54) is 0 Å². The Bertz CT molecular complexity index is 839. The Labute approximate surface area is 171 Å². The maximum atomic E-state index is 12.5. The van der Waals surface area contributed by atoms with E-state index in [0.717, 1.165) is 30.9 Å². The van der Waals surface area contributed by atoms with Crippen LogP contribution in [0.2, 0.25) is 0 Å². The van der Waals surface area contributed by atoms with Gasteiger partial charge in [0.1, 0.15) is 17.6 Å². The second-order valence-corrected chi connectivity index (χ2v) is 6.93. The molecule has 1 saturated heterocycles. The van der Waals surface area contributed by atoms with Gasteiger partial charge in [0.25, 0.3) is 0 Å². The van der Waals surface area contributed by atoms with E-state index in [1.807, 2.05) is 29.2 Å². The predicted molar refractivity (Wildman–Crippen MR) is 113 cm³/mol. The smallest absolute Gasteiger partial charge is 0.241 e. The molecule has 1 amide bonds. The third-order valence-electron chi connectivity index (χ3n) is 4.90. The summed E-state index contributed by atoms with van der Waals surface area (Å²) >= 11 is 0. The number of anilines is 2. The van der Waals surface area contributed by atoms with Crippen molar-refractivity contribution in [2.75, 3.05) is 49.5 Å². The summed E-state index contributed by atoms with van der Waals surface area (Å²) in [7, 11) is 0. The molecule has 1 aromatic heterocycles. The molecule has 0 bridgehead atoms. The summed E-state index contributed by atoms with van der Waals surface area (Å²) in [5, 5.41) is 12.4. The molecule has 1 aliphatic heterocycles. The summed E-state index contributed by atoms with van der Waals surface area (Å²) in [6.45, 7) is 5.68. The van der Waals surface area contributed by atoms with Gasteiger partial charge in [-0.15, -0.1) is 0 Å². The molecule has 0 unspecified atom stereocenters. The van der Waals surface area contributed by atoms with Crippen molar-refractivity contribution >= 4 is 17.4 Å². The van der Waals surface area contributed by atoms with Crippen molar-refractivity contribution in [2.24, 2.45) is 0 Å². The summed E-state index contributed by atoms with van der Waals surface area (Å²) < 4.78 is 5.65. The largest absolute Gasteiger partial charge is 0.494 e. The Morgan fingerprint density at radius 3 is 2.66 bits per heavy atom. The van der Waals surface area contributed by atoms with Crippen molar-refractivity contribution < 1.29 is 9.53 Å². The lowest BCUT2D eigenvalue weighted by molar-refractivity contribution is -0.129. The summed E-state index contributed by atoms with van der Waals surface area (Å²) in [5.74, 6) is 1.61. The van der Waals surface area contributed by atoms with Gasteiger partial charge < -0.3 is 19.9 Å². The van der Waals surface area contributed by atoms with E-state index in [4.69, 9.17) is 4.74 Å². The topological polar surface area (TPSA) is 81.5 Å². The average Bonchev–Trinajstić information content (AvgIpc) is 2.78.